The van der Waals surface area contributed by atoms with Crippen LogP contribution in [0.15, 0.2) is 36.4 Å². The molecule has 1 saturated heterocycles. The molecular formula is C27H37N5O2. The number of nitrogen functional groups attached to an aromatic ring is 1. The number of rotatable bonds is 5. The maximum absolute atomic E-state index is 13.0. The molecule has 7 heteroatoms. The molecule has 1 aliphatic heterocycles. The number of hydrogen-bond donors (Lipinski definition) is 4. The van der Waals surface area contributed by atoms with E-state index < -0.39 is 6.04 Å². The van der Waals surface area contributed by atoms with Crippen LogP contribution >= 0.6 is 0 Å². The Kier molecular flexibility index (Phi) is 6.94. The Hall–Kier alpha value is -2.93. The number of piperidine rings is 1. The topological polar surface area (TPSA) is 109 Å². The summed E-state index contributed by atoms with van der Waals surface area (Å²) >= 11 is 0. The summed E-state index contributed by atoms with van der Waals surface area (Å²) in [5, 5.41) is 9.29. The van der Waals surface area contributed by atoms with E-state index in [0.717, 1.165) is 43.5 Å². The van der Waals surface area contributed by atoms with Gasteiger partial charge in [-0.2, -0.15) is 0 Å². The second-order valence-corrected chi connectivity index (χ2v) is 10.7. The zero-order chi connectivity index (χ0) is 24.5. The van der Waals surface area contributed by atoms with Crippen molar-refractivity contribution in [3.05, 3.63) is 58.8 Å². The number of carbonyl (C=O) groups is 2. The number of benzene rings is 1. The van der Waals surface area contributed by atoms with Crippen molar-refractivity contribution in [2.45, 2.75) is 82.8 Å². The van der Waals surface area contributed by atoms with Crippen LogP contribution in [0.1, 0.15) is 81.3 Å². The summed E-state index contributed by atoms with van der Waals surface area (Å²) in [7, 11) is 0. The van der Waals surface area contributed by atoms with Crippen molar-refractivity contribution in [3.63, 3.8) is 0 Å². The number of carbonyl (C=O) groups excluding carboxylic acids is 2. The van der Waals surface area contributed by atoms with Crippen LogP contribution in [0.25, 0.3) is 0 Å². The van der Waals surface area contributed by atoms with Crippen LogP contribution in [0.3, 0.4) is 0 Å². The van der Waals surface area contributed by atoms with Gasteiger partial charge < -0.3 is 21.7 Å². The average molecular weight is 464 g/mol. The number of aromatic nitrogens is 1. The smallest absolute Gasteiger partial charge is 0.242 e. The van der Waals surface area contributed by atoms with Crippen molar-refractivity contribution in [1.29, 1.82) is 0 Å². The minimum Gasteiger partial charge on any atom is -0.384 e. The Balaban J connectivity index is 1.32. The highest BCUT2D eigenvalue weighted by molar-refractivity contribution is 5.89. The Morgan fingerprint density at radius 1 is 1.12 bits per heavy atom. The highest BCUT2D eigenvalue weighted by atomic mass is 16.2. The van der Waals surface area contributed by atoms with E-state index in [1.54, 1.807) is 13.0 Å². The number of aryl methyl sites for hydroxylation is 1. The predicted octanol–water partition coefficient (Wildman–Crippen LogP) is 3.11. The van der Waals surface area contributed by atoms with Gasteiger partial charge in [0.05, 0.1) is 12.1 Å². The summed E-state index contributed by atoms with van der Waals surface area (Å²) in [6.45, 7) is 9.14. The molecule has 0 radical (unpaired) electrons. The molecule has 4 rings (SSSR count). The lowest BCUT2D eigenvalue weighted by molar-refractivity contribution is -0.130. The van der Waals surface area contributed by atoms with Gasteiger partial charge in [0, 0.05) is 5.69 Å². The minimum atomic E-state index is -0.619. The van der Waals surface area contributed by atoms with E-state index >= 15 is 0 Å². The molecule has 0 bridgehead atoms. The molecule has 1 fully saturated rings. The number of nitrogens with two attached hydrogens (primary N) is 1. The Labute approximate surface area is 202 Å². The molecule has 2 aromatic rings. The van der Waals surface area contributed by atoms with Gasteiger partial charge in [-0.3, -0.25) is 9.59 Å². The summed E-state index contributed by atoms with van der Waals surface area (Å²) in [6, 6.07) is 11.5. The van der Waals surface area contributed by atoms with Crippen molar-refractivity contribution in [1.82, 2.24) is 20.9 Å². The fourth-order valence-electron chi connectivity index (χ4n) is 4.98. The molecule has 2 aliphatic rings. The van der Waals surface area contributed by atoms with Gasteiger partial charge in [-0.05, 0) is 73.2 Å². The predicted molar refractivity (Wildman–Crippen MR) is 134 cm³/mol. The van der Waals surface area contributed by atoms with E-state index in [-0.39, 0.29) is 29.3 Å². The van der Waals surface area contributed by atoms with Crippen LogP contribution < -0.4 is 21.7 Å². The van der Waals surface area contributed by atoms with Gasteiger partial charge in [-0.25, -0.2) is 4.98 Å². The second kappa shape index (κ2) is 9.74. The second-order valence-electron chi connectivity index (χ2n) is 10.7. The van der Waals surface area contributed by atoms with Crippen molar-refractivity contribution >= 4 is 17.6 Å². The summed E-state index contributed by atoms with van der Waals surface area (Å²) in [4.78, 5) is 30.1. The standard InChI is InChI=1S/C27H37N5O2/c1-16(25(33)32-22-11-10-21-20(22)9-12-24(28)31-21)30-26(34)23-15-18(13-14-29-23)17-5-7-19(8-6-17)27(2,3)4/h5-9,12,16,18,22-23,29H,10-11,13-15H2,1-4H3,(H2,28,31)(H,30,34)(H,32,33)/t16-,18-,22?,23+/m0/s1. The van der Waals surface area contributed by atoms with E-state index in [1.807, 2.05) is 6.07 Å². The molecule has 1 aromatic heterocycles. The highest BCUT2D eigenvalue weighted by Gasteiger charge is 2.31. The van der Waals surface area contributed by atoms with Crippen molar-refractivity contribution in [3.8, 4) is 0 Å². The van der Waals surface area contributed by atoms with E-state index in [4.69, 9.17) is 5.73 Å². The summed E-state index contributed by atoms with van der Waals surface area (Å²) in [6.07, 6.45) is 3.29. The first-order chi connectivity index (χ1) is 16.1. The Morgan fingerprint density at radius 2 is 1.85 bits per heavy atom. The van der Waals surface area contributed by atoms with Crippen LogP contribution in [0.5, 0.6) is 0 Å². The minimum absolute atomic E-state index is 0.0943. The zero-order valence-electron chi connectivity index (χ0n) is 20.7. The van der Waals surface area contributed by atoms with Crippen molar-refractivity contribution in [2.24, 2.45) is 0 Å². The van der Waals surface area contributed by atoms with Gasteiger partial charge >= 0.3 is 0 Å². The van der Waals surface area contributed by atoms with E-state index in [0.29, 0.717) is 11.7 Å². The lowest BCUT2D eigenvalue weighted by Crippen LogP contribution is -2.53. The normalized spacial score (nSPS) is 23.1. The number of pyridine rings is 1. The molecule has 7 nitrogen and oxygen atoms in total. The molecule has 1 unspecified atom stereocenters. The van der Waals surface area contributed by atoms with Gasteiger partial charge in [-0.1, -0.05) is 51.1 Å². The zero-order valence-corrected chi connectivity index (χ0v) is 20.7. The lowest BCUT2D eigenvalue weighted by Gasteiger charge is -2.31. The highest BCUT2D eigenvalue weighted by Crippen LogP contribution is 2.31. The maximum Gasteiger partial charge on any atom is 0.242 e. The summed E-state index contributed by atoms with van der Waals surface area (Å²) in [5.41, 5.74) is 10.4. The molecule has 1 aromatic carbocycles. The molecule has 182 valence electrons. The molecule has 0 spiro atoms. The van der Waals surface area contributed by atoms with E-state index in [9.17, 15) is 9.59 Å². The van der Waals surface area contributed by atoms with Gasteiger partial charge in [0.25, 0.3) is 0 Å². The third-order valence-electron chi connectivity index (χ3n) is 7.11. The summed E-state index contributed by atoms with van der Waals surface area (Å²) in [5.74, 6) is 0.507. The first-order valence-corrected chi connectivity index (χ1v) is 12.3. The van der Waals surface area contributed by atoms with Crippen LogP contribution in [0.2, 0.25) is 0 Å². The number of nitrogens with zero attached hydrogens (tertiary/aromatic N) is 1. The fraction of sp³-hybridized carbons (Fsp3) is 0.519. The maximum atomic E-state index is 13.0. The Bertz CT molecular complexity index is 1040. The van der Waals surface area contributed by atoms with Gasteiger partial charge in [0.2, 0.25) is 11.8 Å². The fourth-order valence-corrected chi connectivity index (χ4v) is 4.98. The van der Waals surface area contributed by atoms with Gasteiger partial charge in [-0.15, -0.1) is 0 Å². The third-order valence-corrected chi connectivity index (χ3v) is 7.11. The van der Waals surface area contributed by atoms with Crippen LogP contribution in [-0.4, -0.2) is 35.4 Å². The number of amides is 2. The first kappa shape index (κ1) is 24.2. The third kappa shape index (κ3) is 5.41. The molecule has 2 amide bonds. The largest absolute Gasteiger partial charge is 0.384 e. The van der Waals surface area contributed by atoms with Crippen molar-refractivity contribution < 1.29 is 9.59 Å². The quantitative estimate of drug-likeness (QED) is 0.545. The molecule has 4 atom stereocenters. The SMILES string of the molecule is C[C@H](NC(=O)[C@H]1C[C@@H](c2ccc(C(C)(C)C)cc2)CCN1)C(=O)NC1CCc2nc(N)ccc21. The molecular weight excluding hydrogens is 426 g/mol. The average Bonchev–Trinajstić information content (AvgIpc) is 3.20. The molecule has 2 heterocycles. The molecule has 1 aliphatic carbocycles. The number of anilines is 1. The monoisotopic (exact) mass is 463 g/mol. The molecule has 34 heavy (non-hydrogen) atoms. The number of nitrogens with one attached hydrogen (secondary N) is 3. The van der Waals surface area contributed by atoms with Crippen LogP contribution in [0.4, 0.5) is 5.82 Å². The van der Waals surface area contributed by atoms with Crippen LogP contribution in [0, 0.1) is 0 Å². The number of hydrogen-bond acceptors (Lipinski definition) is 5. The number of fused-ring (bicyclic) bond motifs is 1. The van der Waals surface area contributed by atoms with Crippen LogP contribution in [-0.2, 0) is 21.4 Å². The summed E-state index contributed by atoms with van der Waals surface area (Å²) < 4.78 is 0. The molecule has 5 N–H and O–H groups in total. The molecule has 0 saturated carbocycles. The van der Waals surface area contributed by atoms with Gasteiger partial charge in [0.1, 0.15) is 11.9 Å². The van der Waals surface area contributed by atoms with E-state index in [2.05, 4.69) is 66.0 Å². The Morgan fingerprint density at radius 3 is 2.56 bits per heavy atom. The van der Waals surface area contributed by atoms with Gasteiger partial charge in [0.15, 0.2) is 0 Å². The lowest BCUT2D eigenvalue weighted by atomic mass is 9.82. The van der Waals surface area contributed by atoms with E-state index in [1.165, 1.54) is 11.1 Å². The first-order valence-electron chi connectivity index (χ1n) is 12.3. The van der Waals surface area contributed by atoms with Crippen molar-refractivity contribution in [2.75, 3.05) is 12.3 Å².